The highest BCUT2D eigenvalue weighted by atomic mass is 16.5. The average molecular weight is 308 g/mol. The van der Waals surface area contributed by atoms with Gasteiger partial charge in [-0.1, -0.05) is 0 Å². The van der Waals surface area contributed by atoms with Crippen molar-refractivity contribution >= 4 is 5.91 Å². The number of amides is 1. The predicted molar refractivity (Wildman–Crippen MR) is 85.5 cm³/mol. The smallest absolute Gasteiger partial charge is 0.237 e. The molecule has 2 heterocycles. The molecule has 0 saturated carbocycles. The van der Waals surface area contributed by atoms with E-state index >= 15 is 0 Å². The molecule has 0 radical (unpaired) electrons. The molecule has 6 heteroatoms. The molecule has 1 fully saturated rings. The third-order valence-electron chi connectivity index (χ3n) is 4.63. The molecule has 124 valence electrons. The van der Waals surface area contributed by atoms with E-state index in [4.69, 9.17) is 10.5 Å². The van der Waals surface area contributed by atoms with Crippen molar-refractivity contribution in [3.05, 3.63) is 17.0 Å². The van der Waals surface area contributed by atoms with E-state index in [1.165, 1.54) is 5.56 Å². The van der Waals surface area contributed by atoms with Crippen molar-refractivity contribution in [3.63, 3.8) is 0 Å². The number of nitrogens with zero attached hydrogens (tertiary/aromatic N) is 2. The quantitative estimate of drug-likeness (QED) is 0.844. The van der Waals surface area contributed by atoms with Gasteiger partial charge in [-0.05, 0) is 51.5 Å². The summed E-state index contributed by atoms with van der Waals surface area (Å²) in [6.45, 7) is 7.48. The van der Waals surface area contributed by atoms with E-state index in [-0.39, 0.29) is 17.9 Å². The van der Waals surface area contributed by atoms with Crippen LogP contribution in [0.1, 0.15) is 36.7 Å². The lowest BCUT2D eigenvalue weighted by Gasteiger charge is -2.27. The summed E-state index contributed by atoms with van der Waals surface area (Å²) >= 11 is 0. The molecule has 6 nitrogen and oxygen atoms in total. The van der Waals surface area contributed by atoms with Gasteiger partial charge in [0.2, 0.25) is 5.91 Å². The van der Waals surface area contributed by atoms with Crippen molar-refractivity contribution in [1.29, 1.82) is 0 Å². The first-order valence-corrected chi connectivity index (χ1v) is 8.03. The first-order chi connectivity index (χ1) is 10.4. The van der Waals surface area contributed by atoms with Crippen molar-refractivity contribution < 1.29 is 9.53 Å². The largest absolute Gasteiger partial charge is 0.381 e. The third-order valence-corrected chi connectivity index (χ3v) is 4.63. The minimum Gasteiger partial charge on any atom is -0.381 e. The molecule has 3 N–H and O–H groups in total. The van der Waals surface area contributed by atoms with Gasteiger partial charge in [-0.25, -0.2) is 0 Å². The van der Waals surface area contributed by atoms with E-state index in [0.29, 0.717) is 13.2 Å². The van der Waals surface area contributed by atoms with Crippen LogP contribution in [0.3, 0.4) is 0 Å². The Hall–Kier alpha value is -1.40. The summed E-state index contributed by atoms with van der Waals surface area (Å²) in [6, 6.07) is -0.401. The van der Waals surface area contributed by atoms with E-state index in [0.717, 1.165) is 30.7 Å². The Kier molecular flexibility index (Phi) is 5.58. The molecular formula is C16H28N4O2. The van der Waals surface area contributed by atoms with Crippen molar-refractivity contribution in [1.82, 2.24) is 15.1 Å². The zero-order valence-electron chi connectivity index (χ0n) is 14.1. The first kappa shape index (κ1) is 17.0. The molecule has 1 saturated heterocycles. The molecule has 1 aromatic rings. The number of carbonyl (C=O) groups is 1. The maximum Gasteiger partial charge on any atom is 0.237 e. The fourth-order valence-electron chi connectivity index (χ4n) is 3.10. The number of hydrogen-bond acceptors (Lipinski definition) is 4. The van der Waals surface area contributed by atoms with Gasteiger partial charge < -0.3 is 15.8 Å². The molecule has 1 aromatic heterocycles. The van der Waals surface area contributed by atoms with E-state index in [2.05, 4.69) is 17.3 Å². The number of aromatic nitrogens is 2. The second kappa shape index (κ2) is 7.24. The van der Waals surface area contributed by atoms with Gasteiger partial charge in [0.15, 0.2) is 0 Å². The Balaban J connectivity index is 1.90. The van der Waals surface area contributed by atoms with Gasteiger partial charge in [-0.2, -0.15) is 5.10 Å². The maximum absolute atomic E-state index is 12.3. The standard InChI is InChI=1S/C16H28N4O2/c1-10(9-14-11(2)19-20(4)12(14)3)18-16(21)15(17)13-5-7-22-8-6-13/h10,13,15H,5-9,17H2,1-4H3,(H,18,21). The van der Waals surface area contributed by atoms with Crippen LogP contribution in [0.5, 0.6) is 0 Å². The van der Waals surface area contributed by atoms with Gasteiger partial charge in [0.25, 0.3) is 0 Å². The molecular weight excluding hydrogens is 280 g/mol. The monoisotopic (exact) mass is 308 g/mol. The van der Waals surface area contributed by atoms with Crippen molar-refractivity contribution in [2.24, 2.45) is 18.7 Å². The van der Waals surface area contributed by atoms with Gasteiger partial charge in [-0.15, -0.1) is 0 Å². The summed E-state index contributed by atoms with van der Waals surface area (Å²) < 4.78 is 7.20. The molecule has 22 heavy (non-hydrogen) atoms. The number of nitrogens with two attached hydrogens (primary N) is 1. The Labute approximate surface area is 132 Å². The Morgan fingerprint density at radius 3 is 2.64 bits per heavy atom. The Bertz CT molecular complexity index is 520. The molecule has 1 aliphatic heterocycles. The molecule has 0 bridgehead atoms. The zero-order valence-corrected chi connectivity index (χ0v) is 14.1. The van der Waals surface area contributed by atoms with E-state index in [1.807, 2.05) is 25.6 Å². The molecule has 1 amide bonds. The van der Waals surface area contributed by atoms with Gasteiger partial charge in [0.1, 0.15) is 0 Å². The average Bonchev–Trinajstić information content (AvgIpc) is 2.73. The number of rotatable bonds is 5. The molecule has 0 spiro atoms. The summed E-state index contributed by atoms with van der Waals surface area (Å²) in [4.78, 5) is 12.3. The molecule has 2 atom stereocenters. The predicted octanol–water partition coefficient (Wildman–Crippen LogP) is 0.838. The fraction of sp³-hybridized carbons (Fsp3) is 0.750. The van der Waals surface area contributed by atoms with Crippen LogP contribution < -0.4 is 11.1 Å². The second-order valence-corrected chi connectivity index (χ2v) is 6.36. The lowest BCUT2D eigenvalue weighted by Crippen LogP contribution is -2.49. The Morgan fingerprint density at radius 1 is 1.45 bits per heavy atom. The summed E-state index contributed by atoms with van der Waals surface area (Å²) in [6.07, 6.45) is 2.51. The van der Waals surface area contributed by atoms with Crippen molar-refractivity contribution in [3.8, 4) is 0 Å². The normalized spacial score (nSPS) is 19.0. The lowest BCUT2D eigenvalue weighted by atomic mass is 9.91. The molecule has 0 aliphatic carbocycles. The van der Waals surface area contributed by atoms with Crippen LogP contribution in [0.2, 0.25) is 0 Å². The number of ether oxygens (including phenoxy) is 1. The topological polar surface area (TPSA) is 82.2 Å². The van der Waals surface area contributed by atoms with Crippen LogP contribution in [-0.4, -0.2) is 41.0 Å². The van der Waals surface area contributed by atoms with Crippen LogP contribution in [0, 0.1) is 19.8 Å². The van der Waals surface area contributed by atoms with Gasteiger partial charge in [0, 0.05) is 32.0 Å². The van der Waals surface area contributed by atoms with Crippen molar-refractivity contribution in [2.75, 3.05) is 13.2 Å². The highest BCUT2D eigenvalue weighted by Gasteiger charge is 2.27. The highest BCUT2D eigenvalue weighted by Crippen LogP contribution is 2.18. The summed E-state index contributed by atoms with van der Waals surface area (Å²) in [7, 11) is 1.94. The number of nitrogens with one attached hydrogen (secondary N) is 1. The first-order valence-electron chi connectivity index (χ1n) is 8.03. The Morgan fingerprint density at radius 2 is 2.09 bits per heavy atom. The van der Waals surface area contributed by atoms with E-state index in [9.17, 15) is 4.79 Å². The SMILES string of the molecule is Cc1nn(C)c(C)c1CC(C)NC(=O)C(N)C1CCOCC1. The zero-order chi connectivity index (χ0) is 16.3. The number of carbonyl (C=O) groups excluding carboxylic acids is 1. The lowest BCUT2D eigenvalue weighted by molar-refractivity contribution is -0.124. The van der Waals surface area contributed by atoms with Crippen LogP contribution in [-0.2, 0) is 23.0 Å². The highest BCUT2D eigenvalue weighted by molar-refractivity contribution is 5.82. The molecule has 1 aliphatic rings. The number of hydrogen-bond donors (Lipinski definition) is 2. The van der Waals surface area contributed by atoms with E-state index in [1.54, 1.807) is 0 Å². The summed E-state index contributed by atoms with van der Waals surface area (Å²) in [5, 5.41) is 7.46. The maximum atomic E-state index is 12.3. The number of aryl methyl sites for hydroxylation is 2. The molecule has 2 unspecified atom stereocenters. The second-order valence-electron chi connectivity index (χ2n) is 6.36. The third kappa shape index (κ3) is 3.87. The van der Waals surface area contributed by atoms with Crippen LogP contribution >= 0.6 is 0 Å². The van der Waals surface area contributed by atoms with Crippen LogP contribution in [0.25, 0.3) is 0 Å². The molecule has 0 aromatic carbocycles. The molecule has 2 rings (SSSR count). The summed E-state index contributed by atoms with van der Waals surface area (Å²) in [5.74, 6) is 0.168. The van der Waals surface area contributed by atoms with Crippen molar-refractivity contribution in [2.45, 2.75) is 52.1 Å². The minimum absolute atomic E-state index is 0.0417. The van der Waals surface area contributed by atoms with Crippen LogP contribution in [0.4, 0.5) is 0 Å². The minimum atomic E-state index is -0.442. The van der Waals surface area contributed by atoms with Crippen LogP contribution in [0.15, 0.2) is 0 Å². The van der Waals surface area contributed by atoms with Gasteiger partial charge in [-0.3, -0.25) is 9.48 Å². The fourth-order valence-corrected chi connectivity index (χ4v) is 3.10. The van der Waals surface area contributed by atoms with E-state index < -0.39 is 6.04 Å². The summed E-state index contributed by atoms with van der Waals surface area (Å²) in [5.41, 5.74) is 9.49. The van der Waals surface area contributed by atoms with Gasteiger partial charge >= 0.3 is 0 Å². The van der Waals surface area contributed by atoms with Gasteiger partial charge in [0.05, 0.1) is 11.7 Å².